The van der Waals surface area contributed by atoms with Gasteiger partial charge in [0.2, 0.25) is 0 Å². The lowest BCUT2D eigenvalue weighted by Crippen LogP contribution is -2.04. The van der Waals surface area contributed by atoms with Crippen LogP contribution in [0.4, 0.5) is 14.6 Å². The maximum Gasteiger partial charge on any atom is 0.318 e. The summed E-state index contributed by atoms with van der Waals surface area (Å²) < 4.78 is 36.9. The SMILES string of the molecule is CCOc1ccc(COc2ncc(F)c(N)n2)c(F)c1. The third-order valence-electron chi connectivity index (χ3n) is 2.44. The summed E-state index contributed by atoms with van der Waals surface area (Å²) in [7, 11) is 0. The molecule has 2 N–H and O–H groups in total. The fourth-order valence-electron chi connectivity index (χ4n) is 1.48. The molecule has 7 heteroatoms. The van der Waals surface area contributed by atoms with Crippen LogP contribution < -0.4 is 15.2 Å². The van der Waals surface area contributed by atoms with Crippen LogP contribution in [-0.2, 0) is 6.61 Å². The van der Waals surface area contributed by atoms with Gasteiger partial charge in [-0.1, -0.05) is 0 Å². The zero-order chi connectivity index (χ0) is 14.5. The Morgan fingerprint density at radius 1 is 1.20 bits per heavy atom. The van der Waals surface area contributed by atoms with Gasteiger partial charge in [-0.05, 0) is 19.1 Å². The van der Waals surface area contributed by atoms with E-state index in [1.54, 1.807) is 6.07 Å². The quantitative estimate of drug-likeness (QED) is 0.910. The summed E-state index contributed by atoms with van der Waals surface area (Å²) in [5.74, 6) is -1.08. The Morgan fingerprint density at radius 2 is 2.00 bits per heavy atom. The predicted molar refractivity (Wildman–Crippen MR) is 68.3 cm³/mol. The number of rotatable bonds is 5. The molecule has 0 saturated carbocycles. The Kier molecular flexibility index (Phi) is 4.29. The van der Waals surface area contributed by atoms with E-state index < -0.39 is 11.6 Å². The molecule has 0 saturated heterocycles. The van der Waals surface area contributed by atoms with Gasteiger partial charge in [0.15, 0.2) is 11.6 Å². The first-order valence-corrected chi connectivity index (χ1v) is 5.92. The number of anilines is 1. The molecular weight excluding hydrogens is 268 g/mol. The van der Waals surface area contributed by atoms with Crippen molar-refractivity contribution < 1.29 is 18.3 Å². The number of hydrogen-bond acceptors (Lipinski definition) is 5. The van der Waals surface area contributed by atoms with Crippen molar-refractivity contribution in [2.24, 2.45) is 0 Å². The zero-order valence-electron chi connectivity index (χ0n) is 10.8. The molecule has 0 unspecified atom stereocenters. The first-order valence-electron chi connectivity index (χ1n) is 5.92. The van der Waals surface area contributed by atoms with Crippen LogP contribution in [0.15, 0.2) is 24.4 Å². The molecule has 106 valence electrons. The molecule has 0 bridgehead atoms. The Hall–Kier alpha value is -2.44. The molecule has 0 aliphatic rings. The average Bonchev–Trinajstić information content (AvgIpc) is 2.42. The van der Waals surface area contributed by atoms with Crippen molar-refractivity contribution in [1.82, 2.24) is 9.97 Å². The summed E-state index contributed by atoms with van der Waals surface area (Å²) in [4.78, 5) is 7.18. The first kappa shape index (κ1) is 14.0. The van der Waals surface area contributed by atoms with E-state index in [2.05, 4.69) is 9.97 Å². The standard InChI is InChI=1S/C13H13F2N3O2/c1-2-19-9-4-3-8(10(14)5-9)7-20-13-17-6-11(15)12(16)18-13/h3-6H,2,7H2,1H3,(H2,16,17,18). The highest BCUT2D eigenvalue weighted by atomic mass is 19.1. The molecule has 0 spiro atoms. The van der Waals surface area contributed by atoms with E-state index in [0.29, 0.717) is 17.9 Å². The summed E-state index contributed by atoms with van der Waals surface area (Å²) >= 11 is 0. The van der Waals surface area contributed by atoms with Gasteiger partial charge in [-0.3, -0.25) is 0 Å². The molecule has 1 heterocycles. The number of nitrogens with two attached hydrogens (primary N) is 1. The average molecular weight is 281 g/mol. The number of nitrogens with zero attached hydrogens (tertiary/aromatic N) is 2. The van der Waals surface area contributed by atoms with Gasteiger partial charge in [-0.25, -0.2) is 13.8 Å². The molecule has 0 aliphatic heterocycles. The van der Waals surface area contributed by atoms with E-state index in [9.17, 15) is 8.78 Å². The number of halogens is 2. The van der Waals surface area contributed by atoms with Gasteiger partial charge >= 0.3 is 6.01 Å². The van der Waals surface area contributed by atoms with Crippen LogP contribution in [0.3, 0.4) is 0 Å². The van der Waals surface area contributed by atoms with E-state index in [1.807, 2.05) is 6.92 Å². The Morgan fingerprint density at radius 3 is 2.65 bits per heavy atom. The minimum absolute atomic E-state index is 0.0939. The highest BCUT2D eigenvalue weighted by Crippen LogP contribution is 2.18. The normalized spacial score (nSPS) is 10.3. The summed E-state index contributed by atoms with van der Waals surface area (Å²) in [6.45, 7) is 2.17. The fourth-order valence-corrected chi connectivity index (χ4v) is 1.48. The molecule has 0 aliphatic carbocycles. The van der Waals surface area contributed by atoms with E-state index in [-0.39, 0.29) is 18.4 Å². The summed E-state index contributed by atoms with van der Waals surface area (Å²) in [6.07, 6.45) is 0.895. The van der Waals surface area contributed by atoms with Gasteiger partial charge in [-0.2, -0.15) is 4.98 Å². The molecule has 0 fully saturated rings. The second-order valence-electron chi connectivity index (χ2n) is 3.86. The lowest BCUT2D eigenvalue weighted by Gasteiger charge is -2.08. The molecule has 0 atom stereocenters. The van der Waals surface area contributed by atoms with Crippen molar-refractivity contribution in [3.63, 3.8) is 0 Å². The second kappa shape index (κ2) is 6.14. The molecule has 2 aromatic rings. The Bertz CT molecular complexity index is 608. The van der Waals surface area contributed by atoms with Gasteiger partial charge in [-0.15, -0.1) is 0 Å². The van der Waals surface area contributed by atoms with Crippen LogP contribution in [0.5, 0.6) is 11.8 Å². The van der Waals surface area contributed by atoms with Gasteiger partial charge < -0.3 is 15.2 Å². The minimum atomic E-state index is -0.732. The Labute approximate surface area is 114 Å². The van der Waals surface area contributed by atoms with Gasteiger partial charge in [0.1, 0.15) is 18.2 Å². The van der Waals surface area contributed by atoms with Crippen molar-refractivity contribution in [1.29, 1.82) is 0 Å². The van der Waals surface area contributed by atoms with Crippen molar-refractivity contribution in [3.05, 3.63) is 41.6 Å². The number of aromatic nitrogens is 2. The van der Waals surface area contributed by atoms with Crippen LogP contribution in [0.2, 0.25) is 0 Å². The van der Waals surface area contributed by atoms with Crippen molar-refractivity contribution >= 4 is 5.82 Å². The van der Waals surface area contributed by atoms with Gasteiger partial charge in [0, 0.05) is 11.6 Å². The van der Waals surface area contributed by atoms with Crippen LogP contribution in [-0.4, -0.2) is 16.6 Å². The highest BCUT2D eigenvalue weighted by Gasteiger charge is 2.08. The molecule has 1 aromatic heterocycles. The van der Waals surface area contributed by atoms with E-state index in [1.165, 1.54) is 12.1 Å². The predicted octanol–water partition coefficient (Wildman–Crippen LogP) is 2.31. The summed E-state index contributed by atoms with van der Waals surface area (Å²) in [5, 5.41) is 0. The van der Waals surface area contributed by atoms with Gasteiger partial charge in [0.05, 0.1) is 12.8 Å². The molecule has 1 aromatic carbocycles. The van der Waals surface area contributed by atoms with E-state index in [0.717, 1.165) is 6.20 Å². The number of nitrogen functional groups attached to an aromatic ring is 1. The maximum atomic E-state index is 13.7. The zero-order valence-corrected chi connectivity index (χ0v) is 10.8. The summed E-state index contributed by atoms with van der Waals surface area (Å²) in [5.41, 5.74) is 5.58. The molecule has 5 nitrogen and oxygen atoms in total. The number of hydrogen-bond donors (Lipinski definition) is 1. The molecular formula is C13H13F2N3O2. The maximum absolute atomic E-state index is 13.7. The third-order valence-corrected chi connectivity index (χ3v) is 2.44. The second-order valence-corrected chi connectivity index (χ2v) is 3.86. The number of benzene rings is 1. The third kappa shape index (κ3) is 3.31. The fraction of sp³-hybridized carbons (Fsp3) is 0.231. The van der Waals surface area contributed by atoms with Crippen LogP contribution in [0.1, 0.15) is 12.5 Å². The van der Waals surface area contributed by atoms with E-state index >= 15 is 0 Å². The smallest absolute Gasteiger partial charge is 0.318 e. The van der Waals surface area contributed by atoms with Crippen molar-refractivity contribution in [3.8, 4) is 11.8 Å². The van der Waals surface area contributed by atoms with Crippen molar-refractivity contribution in [2.75, 3.05) is 12.3 Å². The summed E-state index contributed by atoms with van der Waals surface area (Å²) in [6, 6.07) is 4.32. The lowest BCUT2D eigenvalue weighted by atomic mass is 10.2. The lowest BCUT2D eigenvalue weighted by molar-refractivity contribution is 0.274. The van der Waals surface area contributed by atoms with E-state index in [4.69, 9.17) is 15.2 Å². The topological polar surface area (TPSA) is 70.3 Å². The highest BCUT2D eigenvalue weighted by molar-refractivity contribution is 5.30. The van der Waals surface area contributed by atoms with Crippen LogP contribution >= 0.6 is 0 Å². The van der Waals surface area contributed by atoms with Crippen LogP contribution in [0.25, 0.3) is 0 Å². The molecule has 0 amide bonds. The molecule has 0 radical (unpaired) electrons. The largest absolute Gasteiger partial charge is 0.494 e. The molecule has 20 heavy (non-hydrogen) atoms. The number of ether oxygens (including phenoxy) is 2. The van der Waals surface area contributed by atoms with Gasteiger partial charge in [0.25, 0.3) is 0 Å². The monoisotopic (exact) mass is 281 g/mol. The first-order chi connectivity index (χ1) is 9.60. The van der Waals surface area contributed by atoms with Crippen LogP contribution in [0, 0.1) is 11.6 Å². The molecule has 2 rings (SSSR count). The van der Waals surface area contributed by atoms with Crippen molar-refractivity contribution in [2.45, 2.75) is 13.5 Å². The Balaban J connectivity index is 2.05. The minimum Gasteiger partial charge on any atom is -0.494 e.